The van der Waals surface area contributed by atoms with Gasteiger partial charge < -0.3 is 0 Å². The molecule has 2 rings (SSSR count). The molecule has 1 aromatic heterocycles. The standard InChI is InChI=1S/C10H8ClFN2/c1-14-10(4-5-13-14)8-6-7(11)2-3-9(8)12/h2-6H,1H3. The molecule has 4 heteroatoms. The first-order valence-electron chi connectivity index (χ1n) is 4.12. The summed E-state index contributed by atoms with van der Waals surface area (Å²) in [4.78, 5) is 0. The Balaban J connectivity index is 2.62. The van der Waals surface area contributed by atoms with Gasteiger partial charge in [-0.3, -0.25) is 4.68 Å². The fourth-order valence-corrected chi connectivity index (χ4v) is 1.50. The van der Waals surface area contributed by atoms with Crippen LogP contribution in [0.5, 0.6) is 0 Å². The lowest BCUT2D eigenvalue weighted by Gasteiger charge is -2.03. The second kappa shape index (κ2) is 3.42. The van der Waals surface area contributed by atoms with Crippen LogP contribution in [0.3, 0.4) is 0 Å². The number of nitrogens with zero attached hydrogens (tertiary/aromatic N) is 2. The van der Waals surface area contributed by atoms with Crippen LogP contribution in [0.15, 0.2) is 30.5 Å². The molecule has 1 aromatic carbocycles. The van der Waals surface area contributed by atoms with Gasteiger partial charge >= 0.3 is 0 Å². The average molecular weight is 211 g/mol. The molecule has 2 nitrogen and oxygen atoms in total. The van der Waals surface area contributed by atoms with Gasteiger partial charge in [-0.1, -0.05) is 11.6 Å². The summed E-state index contributed by atoms with van der Waals surface area (Å²) >= 11 is 5.79. The summed E-state index contributed by atoms with van der Waals surface area (Å²) in [6, 6.07) is 6.21. The van der Waals surface area contributed by atoms with Gasteiger partial charge in [-0.25, -0.2) is 4.39 Å². The van der Waals surface area contributed by atoms with Crippen molar-refractivity contribution in [3.8, 4) is 11.3 Å². The summed E-state index contributed by atoms with van der Waals surface area (Å²) in [5, 5.41) is 4.49. The van der Waals surface area contributed by atoms with Crippen LogP contribution in [-0.2, 0) is 7.05 Å². The van der Waals surface area contributed by atoms with Gasteiger partial charge in [0.1, 0.15) is 5.82 Å². The first kappa shape index (κ1) is 9.21. The summed E-state index contributed by atoms with van der Waals surface area (Å²) in [7, 11) is 1.76. The van der Waals surface area contributed by atoms with Gasteiger partial charge in [0, 0.05) is 23.8 Å². The van der Waals surface area contributed by atoms with E-state index in [2.05, 4.69) is 5.10 Å². The fraction of sp³-hybridized carbons (Fsp3) is 0.100. The molecule has 0 aliphatic carbocycles. The van der Waals surface area contributed by atoms with Gasteiger partial charge in [0.05, 0.1) is 5.69 Å². The fourth-order valence-electron chi connectivity index (χ4n) is 1.33. The Morgan fingerprint density at radius 1 is 1.36 bits per heavy atom. The van der Waals surface area contributed by atoms with E-state index in [0.717, 1.165) is 0 Å². The maximum atomic E-state index is 13.4. The van der Waals surface area contributed by atoms with Gasteiger partial charge in [-0.15, -0.1) is 0 Å². The molecule has 0 fully saturated rings. The average Bonchev–Trinajstić information content (AvgIpc) is 2.56. The minimum absolute atomic E-state index is 0.294. The molecular weight excluding hydrogens is 203 g/mol. The molecule has 0 saturated heterocycles. The van der Waals surface area contributed by atoms with E-state index in [9.17, 15) is 4.39 Å². The molecule has 0 atom stereocenters. The van der Waals surface area contributed by atoms with Crippen molar-refractivity contribution in [2.24, 2.45) is 7.05 Å². The van der Waals surface area contributed by atoms with Crippen molar-refractivity contribution in [3.63, 3.8) is 0 Å². The number of halogens is 2. The van der Waals surface area contributed by atoms with Crippen LogP contribution < -0.4 is 0 Å². The van der Waals surface area contributed by atoms with E-state index in [1.165, 1.54) is 12.1 Å². The minimum Gasteiger partial charge on any atom is -0.268 e. The lowest BCUT2D eigenvalue weighted by Crippen LogP contribution is -1.95. The normalized spacial score (nSPS) is 10.5. The van der Waals surface area contributed by atoms with Crippen molar-refractivity contribution in [2.45, 2.75) is 0 Å². The minimum atomic E-state index is -0.294. The van der Waals surface area contributed by atoms with Gasteiger partial charge in [0.25, 0.3) is 0 Å². The zero-order valence-electron chi connectivity index (χ0n) is 7.54. The molecule has 0 saturated carbocycles. The molecule has 1 heterocycles. The number of aromatic nitrogens is 2. The van der Waals surface area contributed by atoms with Crippen molar-refractivity contribution < 1.29 is 4.39 Å². The highest BCUT2D eigenvalue weighted by atomic mass is 35.5. The van der Waals surface area contributed by atoms with Crippen LogP contribution >= 0.6 is 11.6 Å². The van der Waals surface area contributed by atoms with Crippen molar-refractivity contribution >= 4 is 11.6 Å². The lowest BCUT2D eigenvalue weighted by molar-refractivity contribution is 0.628. The summed E-state index contributed by atoms with van der Waals surface area (Å²) in [6.45, 7) is 0. The van der Waals surface area contributed by atoms with Crippen LogP contribution in [0.1, 0.15) is 0 Å². The Morgan fingerprint density at radius 2 is 2.14 bits per heavy atom. The Morgan fingerprint density at radius 3 is 2.79 bits per heavy atom. The molecular formula is C10H8ClFN2. The predicted molar refractivity (Wildman–Crippen MR) is 53.6 cm³/mol. The summed E-state index contributed by atoms with van der Waals surface area (Å²) in [6.07, 6.45) is 1.62. The molecule has 0 aliphatic rings. The van der Waals surface area contributed by atoms with Gasteiger partial charge in [-0.05, 0) is 24.3 Å². The molecule has 2 aromatic rings. The predicted octanol–water partition coefficient (Wildman–Crippen LogP) is 2.88. The smallest absolute Gasteiger partial charge is 0.132 e. The number of aryl methyl sites for hydroxylation is 1. The molecule has 14 heavy (non-hydrogen) atoms. The van der Waals surface area contributed by atoms with E-state index in [4.69, 9.17) is 11.6 Å². The molecule has 0 spiro atoms. The maximum Gasteiger partial charge on any atom is 0.132 e. The Hall–Kier alpha value is -1.35. The van der Waals surface area contributed by atoms with Crippen LogP contribution in [0.4, 0.5) is 4.39 Å². The summed E-state index contributed by atoms with van der Waals surface area (Å²) < 4.78 is 15.0. The SMILES string of the molecule is Cn1nccc1-c1cc(Cl)ccc1F. The molecule has 0 N–H and O–H groups in total. The monoisotopic (exact) mass is 210 g/mol. The second-order valence-corrected chi connectivity index (χ2v) is 3.40. The molecule has 0 bridgehead atoms. The van der Waals surface area contributed by atoms with Crippen LogP contribution in [0, 0.1) is 5.82 Å². The Labute approximate surface area is 85.9 Å². The van der Waals surface area contributed by atoms with Crippen molar-refractivity contribution in [3.05, 3.63) is 41.3 Å². The molecule has 72 valence electrons. The maximum absolute atomic E-state index is 13.4. The first-order valence-corrected chi connectivity index (χ1v) is 4.49. The van der Waals surface area contributed by atoms with Crippen molar-refractivity contribution in [1.29, 1.82) is 0 Å². The number of rotatable bonds is 1. The topological polar surface area (TPSA) is 17.8 Å². The van der Waals surface area contributed by atoms with Gasteiger partial charge in [0.15, 0.2) is 0 Å². The van der Waals surface area contributed by atoms with Gasteiger partial charge in [0.2, 0.25) is 0 Å². The highest BCUT2D eigenvalue weighted by Crippen LogP contribution is 2.24. The van der Waals surface area contributed by atoms with E-state index in [1.807, 2.05) is 0 Å². The number of hydrogen-bond donors (Lipinski definition) is 0. The third-order valence-electron chi connectivity index (χ3n) is 2.03. The van der Waals surface area contributed by atoms with E-state index in [-0.39, 0.29) is 5.82 Å². The molecule has 0 radical (unpaired) electrons. The van der Waals surface area contributed by atoms with Crippen molar-refractivity contribution in [1.82, 2.24) is 9.78 Å². The summed E-state index contributed by atoms with van der Waals surface area (Å²) in [5.74, 6) is -0.294. The first-order chi connectivity index (χ1) is 6.68. The third-order valence-corrected chi connectivity index (χ3v) is 2.26. The zero-order chi connectivity index (χ0) is 10.1. The van der Waals surface area contributed by atoms with E-state index in [1.54, 1.807) is 30.1 Å². The second-order valence-electron chi connectivity index (χ2n) is 2.96. The van der Waals surface area contributed by atoms with E-state index < -0.39 is 0 Å². The third kappa shape index (κ3) is 1.51. The highest BCUT2D eigenvalue weighted by Gasteiger charge is 2.08. The molecule has 0 unspecified atom stereocenters. The van der Waals surface area contributed by atoms with E-state index >= 15 is 0 Å². The van der Waals surface area contributed by atoms with Crippen LogP contribution in [-0.4, -0.2) is 9.78 Å². The van der Waals surface area contributed by atoms with Crippen LogP contribution in [0.2, 0.25) is 5.02 Å². The Bertz CT molecular complexity index is 465. The number of benzene rings is 1. The number of hydrogen-bond acceptors (Lipinski definition) is 1. The van der Waals surface area contributed by atoms with Crippen molar-refractivity contribution in [2.75, 3.05) is 0 Å². The quantitative estimate of drug-likeness (QED) is 0.708. The summed E-state index contributed by atoms with van der Waals surface area (Å²) in [5.41, 5.74) is 1.18. The van der Waals surface area contributed by atoms with E-state index in [0.29, 0.717) is 16.3 Å². The lowest BCUT2D eigenvalue weighted by atomic mass is 10.1. The Kier molecular flexibility index (Phi) is 2.25. The van der Waals surface area contributed by atoms with Crippen LogP contribution in [0.25, 0.3) is 11.3 Å². The highest BCUT2D eigenvalue weighted by molar-refractivity contribution is 6.30. The van der Waals surface area contributed by atoms with Gasteiger partial charge in [-0.2, -0.15) is 5.10 Å². The molecule has 0 aliphatic heterocycles. The largest absolute Gasteiger partial charge is 0.268 e. The zero-order valence-corrected chi connectivity index (χ0v) is 8.29. The molecule has 0 amide bonds.